The molecule has 468 valence electrons. The molecule has 1 aliphatic rings. The van der Waals surface area contributed by atoms with Gasteiger partial charge in [-0.1, -0.05) is 90.0 Å². The van der Waals surface area contributed by atoms with E-state index in [1.54, 1.807) is 78.8 Å². The highest BCUT2D eigenvalue weighted by Gasteiger charge is 2.43. The summed E-state index contributed by atoms with van der Waals surface area (Å²) >= 11 is 0. The van der Waals surface area contributed by atoms with Crippen molar-refractivity contribution in [2.24, 2.45) is 5.92 Å². The van der Waals surface area contributed by atoms with Crippen molar-refractivity contribution in [3.8, 4) is 11.5 Å². The molecule has 1 fully saturated rings. The van der Waals surface area contributed by atoms with E-state index >= 15 is 0 Å². The maximum Gasteiger partial charge on any atom is 0.306 e. The quantitative estimate of drug-likeness (QED) is 0.0137. The lowest BCUT2D eigenvalue weighted by atomic mass is 9.80. The van der Waals surface area contributed by atoms with Crippen molar-refractivity contribution < 1.29 is 52.5 Å². The molecule has 0 saturated carbocycles. The van der Waals surface area contributed by atoms with E-state index in [0.29, 0.717) is 67.0 Å². The normalized spacial score (nSPS) is 14.5. The number of benzene rings is 4. The van der Waals surface area contributed by atoms with E-state index in [2.05, 4.69) is 49.7 Å². The van der Waals surface area contributed by atoms with Gasteiger partial charge in [0.1, 0.15) is 29.0 Å². The Hall–Kier alpha value is -8.15. The molecule has 88 heavy (non-hydrogen) atoms. The van der Waals surface area contributed by atoms with Crippen molar-refractivity contribution in [2.75, 3.05) is 50.4 Å². The number of carbonyl (C=O) groups is 7. The molecule has 0 bridgehead atoms. The zero-order valence-electron chi connectivity index (χ0n) is 51.3. The zero-order chi connectivity index (χ0) is 63.5. The van der Waals surface area contributed by atoms with Gasteiger partial charge in [0.05, 0.1) is 58.3 Å². The highest BCUT2D eigenvalue weighted by Crippen LogP contribution is 2.43. The molecule has 0 unspecified atom stereocenters. The average Bonchev–Trinajstić information content (AvgIpc) is 3.98. The molecule has 0 spiro atoms. The molecule has 3 atom stereocenters. The van der Waals surface area contributed by atoms with Gasteiger partial charge in [-0.05, 0) is 105 Å². The number of hydrogen-bond acceptors (Lipinski definition) is 17. The van der Waals surface area contributed by atoms with Gasteiger partial charge < -0.3 is 39.4 Å². The maximum absolute atomic E-state index is 14.5. The number of aromatic amines is 1. The van der Waals surface area contributed by atoms with Crippen molar-refractivity contribution in [1.29, 1.82) is 0 Å². The number of esters is 1. The largest absolute Gasteiger partial charge is 0.497 e. The summed E-state index contributed by atoms with van der Waals surface area (Å²) in [6, 6.07) is 31.0. The van der Waals surface area contributed by atoms with Crippen LogP contribution in [-0.4, -0.2) is 129 Å². The van der Waals surface area contributed by atoms with E-state index in [1.807, 2.05) is 85.8 Å². The molecule has 0 aliphatic carbocycles. The fourth-order valence-electron chi connectivity index (χ4n) is 10.00. The van der Waals surface area contributed by atoms with Gasteiger partial charge in [0.25, 0.3) is 11.5 Å². The van der Waals surface area contributed by atoms with Crippen molar-refractivity contribution in [2.45, 2.75) is 134 Å². The number of likely N-dealkylation sites (tertiary alicyclic amines) is 1. The predicted octanol–water partition coefficient (Wildman–Crippen LogP) is 9.11. The van der Waals surface area contributed by atoms with Gasteiger partial charge in [-0.3, -0.25) is 48.7 Å². The lowest BCUT2D eigenvalue weighted by Gasteiger charge is -2.38. The maximum atomic E-state index is 14.5. The smallest absolute Gasteiger partial charge is 0.306 e. The second-order valence-corrected chi connectivity index (χ2v) is 25.6. The Balaban J connectivity index is 0.885. The van der Waals surface area contributed by atoms with Crippen molar-refractivity contribution in [1.82, 2.24) is 35.5 Å². The van der Waals surface area contributed by atoms with Crippen LogP contribution in [0, 0.1) is 5.92 Å². The SMILES string of the molecule is CNC(=O)CCC(=O)O[C@@H]1C[C@@H](COC(c2ccccc2)(c2ccc(OC)cc2)c2ccc(OC)cc2)N(C(=O)CCC(C)(C)SSCCCC(=O)CC[C@@H](C)NC(=O)c2ccc(N(Cc3cnc4nc(NC(=O)C(C)C)[nH]c(=O)c4n3)C(C)=O)cc2)C1. The number of methoxy groups -OCH3 is 2. The van der Waals surface area contributed by atoms with Crippen LogP contribution in [0.2, 0.25) is 0 Å². The second-order valence-electron chi connectivity index (χ2n) is 22.5. The first-order valence-corrected chi connectivity index (χ1v) is 31.7. The molecule has 4 aromatic carbocycles. The number of carbonyl (C=O) groups excluding carboxylic acids is 7. The molecule has 3 heterocycles. The minimum absolute atomic E-state index is 0.0138. The molecule has 4 N–H and O–H groups in total. The van der Waals surface area contributed by atoms with Gasteiger partial charge in [-0.15, -0.1) is 0 Å². The van der Waals surface area contributed by atoms with Crippen LogP contribution in [0.15, 0.2) is 114 Å². The van der Waals surface area contributed by atoms with Crippen molar-refractivity contribution in [3.05, 3.63) is 148 Å². The predicted molar refractivity (Wildman–Crippen MR) is 340 cm³/mol. The van der Waals surface area contributed by atoms with Gasteiger partial charge in [0, 0.05) is 79.8 Å². The van der Waals surface area contributed by atoms with E-state index in [-0.39, 0.29) is 108 Å². The molecule has 1 aliphatic heterocycles. The lowest BCUT2D eigenvalue weighted by molar-refractivity contribution is -0.150. The highest BCUT2D eigenvalue weighted by atomic mass is 33.1. The number of Topliss-reactive ketones (excluding diaryl/α,β-unsaturated/α-hetero) is 1. The third kappa shape index (κ3) is 18.5. The molecule has 6 aromatic rings. The van der Waals surface area contributed by atoms with Gasteiger partial charge in [0.2, 0.25) is 29.6 Å². The van der Waals surface area contributed by atoms with E-state index in [0.717, 1.165) is 22.4 Å². The minimum Gasteiger partial charge on any atom is -0.497 e. The Labute approximate surface area is 521 Å². The molecule has 1 saturated heterocycles. The van der Waals surface area contributed by atoms with E-state index < -0.39 is 29.3 Å². The Morgan fingerprint density at radius 3 is 2.07 bits per heavy atom. The van der Waals surface area contributed by atoms with Crippen LogP contribution in [0.1, 0.15) is 132 Å². The van der Waals surface area contributed by atoms with Gasteiger partial charge in [0.15, 0.2) is 11.2 Å². The van der Waals surface area contributed by atoms with Crippen molar-refractivity contribution >= 4 is 85.7 Å². The van der Waals surface area contributed by atoms with Crippen LogP contribution in [0.4, 0.5) is 11.6 Å². The Morgan fingerprint density at radius 2 is 1.45 bits per heavy atom. The molecular weight excluding hydrogens is 1160 g/mol. The number of ether oxygens (including phenoxy) is 4. The number of hydrogen-bond donors (Lipinski definition) is 4. The summed E-state index contributed by atoms with van der Waals surface area (Å²) in [6.07, 6.45) is 3.58. The van der Waals surface area contributed by atoms with Gasteiger partial charge in [-0.2, -0.15) is 4.98 Å². The summed E-state index contributed by atoms with van der Waals surface area (Å²) in [5, 5.41) is 8.04. The monoisotopic (exact) mass is 1240 g/mol. The third-order valence-electron chi connectivity index (χ3n) is 15.0. The molecule has 2 aromatic heterocycles. The summed E-state index contributed by atoms with van der Waals surface area (Å²) in [4.78, 5) is 122. The second kappa shape index (κ2) is 31.7. The van der Waals surface area contributed by atoms with Gasteiger partial charge >= 0.3 is 5.97 Å². The Kier molecular flexibility index (Phi) is 24.2. The summed E-state index contributed by atoms with van der Waals surface area (Å²) in [5.74, 6) is -0.0772. The number of rotatable bonds is 31. The summed E-state index contributed by atoms with van der Waals surface area (Å²) < 4.78 is 23.9. The van der Waals surface area contributed by atoms with Crippen LogP contribution in [0.5, 0.6) is 11.5 Å². The Bertz CT molecular complexity index is 3390. The van der Waals surface area contributed by atoms with Gasteiger partial charge in [-0.25, -0.2) is 9.97 Å². The number of fused-ring (bicyclic) bond motifs is 1. The van der Waals surface area contributed by atoms with E-state index in [4.69, 9.17) is 18.9 Å². The lowest BCUT2D eigenvalue weighted by Crippen LogP contribution is -2.42. The molecule has 0 radical (unpaired) electrons. The first-order valence-electron chi connectivity index (χ1n) is 29.4. The number of ketones is 1. The topological polar surface area (TPSA) is 271 Å². The molecule has 7 rings (SSSR count). The van der Waals surface area contributed by atoms with Crippen molar-refractivity contribution in [3.63, 3.8) is 0 Å². The number of nitrogens with zero attached hydrogens (tertiary/aromatic N) is 5. The molecular formula is C65H79N9O12S2. The summed E-state index contributed by atoms with van der Waals surface area (Å²) in [7, 11) is 8.06. The van der Waals surface area contributed by atoms with Crippen LogP contribution in [-0.2, 0) is 50.4 Å². The number of aromatic nitrogens is 4. The molecule has 23 heteroatoms. The van der Waals surface area contributed by atoms with Crippen LogP contribution < -0.4 is 35.9 Å². The first kappa shape index (κ1) is 67.4. The number of amides is 5. The number of nitrogens with one attached hydrogen (secondary N) is 4. The molecule has 21 nitrogen and oxygen atoms in total. The summed E-state index contributed by atoms with van der Waals surface area (Å²) in [6.45, 7) is 11.1. The number of anilines is 2. The average molecular weight is 1240 g/mol. The standard InChI is InChI=1S/C65H79N9O12S2/c1-41(2)60(80)71-63-70-59-58(62(82)72-63)69-48(37-67-59)38-73(43(4)75)49-24-18-44(19-25-49)61(81)68-42(3)17-26-51(76)16-13-35-87-88-64(5,6)34-33-56(78)74-39-54(86-57(79)32-31-55(77)66-7)36-50(74)40-85-65(45-14-11-10-12-15-45,46-20-27-52(83-8)28-21-46)47-22-29-53(84-9)30-23-47/h10-12,14-15,18-25,27-30,37,41-42,50,54H,13,16-17,26,31-36,38-40H2,1-9H3,(H,66,77)(H,68,81)(H2,67,70,71,72,80,82)/t42-,50+,54-/m1/s1. The fraction of sp³-hybridized carbons (Fsp3) is 0.431. The summed E-state index contributed by atoms with van der Waals surface area (Å²) in [5.41, 5.74) is 1.90. The van der Waals surface area contributed by atoms with Crippen LogP contribution in [0.25, 0.3) is 11.2 Å². The highest BCUT2D eigenvalue weighted by molar-refractivity contribution is 8.77. The fourth-order valence-corrected chi connectivity index (χ4v) is 12.7. The van der Waals surface area contributed by atoms with Crippen LogP contribution >= 0.6 is 21.6 Å². The van der Waals surface area contributed by atoms with Crippen LogP contribution in [0.3, 0.4) is 0 Å². The van der Waals surface area contributed by atoms with E-state index in [9.17, 15) is 38.4 Å². The Morgan fingerprint density at radius 1 is 0.807 bits per heavy atom. The number of H-pyrrole nitrogens is 1. The van der Waals surface area contributed by atoms with E-state index in [1.165, 1.54) is 25.1 Å². The third-order valence-corrected chi connectivity index (χ3v) is 18.4. The first-order chi connectivity index (χ1) is 42.1. The molecule has 5 amide bonds. The zero-order valence-corrected chi connectivity index (χ0v) is 53.0. The minimum atomic E-state index is -1.15.